The molecule has 0 aliphatic rings. The molecule has 0 amide bonds. The van der Waals surface area contributed by atoms with Gasteiger partial charge in [-0.3, -0.25) is 5.10 Å². The summed E-state index contributed by atoms with van der Waals surface area (Å²) in [5, 5.41) is 6.61. The molecule has 0 unspecified atom stereocenters. The van der Waals surface area contributed by atoms with Crippen molar-refractivity contribution in [2.24, 2.45) is 0 Å². The van der Waals surface area contributed by atoms with Gasteiger partial charge in [0.2, 0.25) is 5.89 Å². The molecule has 0 atom stereocenters. The lowest BCUT2D eigenvalue weighted by atomic mass is 10.2. The molecule has 0 saturated heterocycles. The van der Waals surface area contributed by atoms with Crippen LogP contribution in [0.3, 0.4) is 0 Å². The number of rotatable bonds is 1. The van der Waals surface area contributed by atoms with Crippen molar-refractivity contribution in [1.82, 2.24) is 15.2 Å². The molecule has 0 aliphatic heterocycles. The van der Waals surface area contributed by atoms with Crippen LogP contribution in [0.2, 0.25) is 0 Å². The van der Waals surface area contributed by atoms with E-state index in [0.717, 1.165) is 16.7 Å². The summed E-state index contributed by atoms with van der Waals surface area (Å²) in [5.74, 6) is 0.933. The summed E-state index contributed by atoms with van der Waals surface area (Å²) < 4.78 is 5.61. The Balaban J connectivity index is 2.22. The predicted octanol–water partition coefficient (Wildman–Crippen LogP) is 2.11. The van der Waals surface area contributed by atoms with Gasteiger partial charge in [0.15, 0.2) is 5.58 Å². The lowest BCUT2D eigenvalue weighted by Crippen LogP contribution is -1.81. The van der Waals surface area contributed by atoms with Gasteiger partial charge >= 0.3 is 0 Å². The third-order valence-corrected chi connectivity index (χ3v) is 2.45. The molecular formula is C11H10N4O. The summed E-state index contributed by atoms with van der Waals surface area (Å²) >= 11 is 0. The number of aromatic amines is 1. The monoisotopic (exact) mass is 214 g/mol. The number of aromatic nitrogens is 3. The Hall–Kier alpha value is -2.30. The Bertz CT molecular complexity index is 653. The topological polar surface area (TPSA) is 80.7 Å². The molecule has 1 aromatic carbocycles. The van der Waals surface area contributed by atoms with Crippen molar-refractivity contribution >= 4 is 16.9 Å². The minimum atomic E-state index is 0.425. The Morgan fingerprint density at radius 2 is 2.25 bits per heavy atom. The maximum absolute atomic E-state index is 5.61. The first-order valence-electron chi connectivity index (χ1n) is 4.91. The zero-order chi connectivity index (χ0) is 11.1. The number of hydrogen-bond donors (Lipinski definition) is 2. The van der Waals surface area contributed by atoms with E-state index in [1.165, 1.54) is 0 Å². The summed E-state index contributed by atoms with van der Waals surface area (Å²) in [6.45, 7) is 2.00. The molecule has 3 N–H and O–H groups in total. The van der Waals surface area contributed by atoms with Gasteiger partial charge in [-0.15, -0.1) is 0 Å². The van der Waals surface area contributed by atoms with E-state index in [0.29, 0.717) is 17.4 Å². The smallest absolute Gasteiger partial charge is 0.245 e. The summed E-state index contributed by atoms with van der Waals surface area (Å²) in [7, 11) is 0. The zero-order valence-electron chi connectivity index (χ0n) is 8.69. The van der Waals surface area contributed by atoms with Crippen LogP contribution in [0.4, 0.5) is 5.82 Å². The van der Waals surface area contributed by atoms with Gasteiger partial charge in [-0.25, -0.2) is 4.98 Å². The number of nitrogens with zero attached hydrogens (tertiary/aromatic N) is 2. The van der Waals surface area contributed by atoms with Crippen LogP contribution in [-0.2, 0) is 0 Å². The van der Waals surface area contributed by atoms with E-state index in [-0.39, 0.29) is 0 Å². The van der Waals surface area contributed by atoms with Crippen molar-refractivity contribution in [3.05, 3.63) is 29.8 Å². The van der Waals surface area contributed by atoms with Crippen LogP contribution in [-0.4, -0.2) is 15.2 Å². The van der Waals surface area contributed by atoms with Gasteiger partial charge in [0.05, 0.1) is 0 Å². The molecule has 0 bridgehead atoms. The molecule has 5 nitrogen and oxygen atoms in total. The summed E-state index contributed by atoms with van der Waals surface area (Å²) in [6, 6.07) is 7.52. The van der Waals surface area contributed by atoms with Crippen LogP contribution in [0, 0.1) is 6.92 Å². The fourth-order valence-corrected chi connectivity index (χ4v) is 1.65. The fraction of sp³-hybridized carbons (Fsp3) is 0.0909. The number of benzene rings is 1. The van der Waals surface area contributed by atoms with E-state index in [2.05, 4.69) is 15.2 Å². The Labute approximate surface area is 91.3 Å². The van der Waals surface area contributed by atoms with E-state index >= 15 is 0 Å². The fourth-order valence-electron chi connectivity index (χ4n) is 1.65. The second-order valence-electron chi connectivity index (χ2n) is 3.65. The molecule has 80 valence electrons. The van der Waals surface area contributed by atoms with Crippen LogP contribution in [0.5, 0.6) is 0 Å². The first kappa shape index (κ1) is 8.96. The summed E-state index contributed by atoms with van der Waals surface area (Å²) in [4.78, 5) is 4.40. The maximum atomic E-state index is 5.61. The Kier molecular flexibility index (Phi) is 1.73. The zero-order valence-corrected chi connectivity index (χ0v) is 8.69. The lowest BCUT2D eigenvalue weighted by Gasteiger charge is -1.88. The molecule has 0 aliphatic carbocycles. The normalized spacial score (nSPS) is 11.1. The van der Waals surface area contributed by atoms with Gasteiger partial charge in [0.25, 0.3) is 0 Å². The molecule has 16 heavy (non-hydrogen) atoms. The molecular weight excluding hydrogens is 204 g/mol. The van der Waals surface area contributed by atoms with Crippen molar-refractivity contribution < 1.29 is 4.42 Å². The number of para-hydroxylation sites is 1. The van der Waals surface area contributed by atoms with Gasteiger partial charge in [0.1, 0.15) is 17.0 Å². The molecule has 0 fully saturated rings. The highest BCUT2D eigenvalue weighted by Gasteiger charge is 2.11. The predicted molar refractivity (Wildman–Crippen MR) is 60.7 cm³/mol. The van der Waals surface area contributed by atoms with Crippen LogP contribution >= 0.6 is 0 Å². The number of fused-ring (bicyclic) bond motifs is 1. The van der Waals surface area contributed by atoms with E-state index in [1.807, 2.05) is 25.1 Å². The standard InChI is InChI=1S/C11H10N4O/c1-6-3-2-4-8-10(6)13-11(16-8)7-5-9(12)15-14-7/h2-5H,1H3,(H3,12,14,15). The number of hydrogen-bond acceptors (Lipinski definition) is 4. The largest absolute Gasteiger partial charge is 0.435 e. The van der Waals surface area contributed by atoms with Crippen molar-refractivity contribution in [2.45, 2.75) is 6.92 Å². The number of anilines is 1. The van der Waals surface area contributed by atoms with E-state index in [9.17, 15) is 0 Å². The van der Waals surface area contributed by atoms with E-state index < -0.39 is 0 Å². The molecule has 5 heteroatoms. The molecule has 0 spiro atoms. The van der Waals surface area contributed by atoms with E-state index in [1.54, 1.807) is 6.07 Å². The molecule has 2 heterocycles. The molecule has 3 aromatic rings. The Morgan fingerprint density at radius 3 is 2.94 bits per heavy atom. The van der Waals surface area contributed by atoms with Crippen LogP contribution in [0.1, 0.15) is 5.56 Å². The molecule has 0 saturated carbocycles. The second kappa shape index (κ2) is 3.10. The highest BCUT2D eigenvalue weighted by molar-refractivity contribution is 5.78. The lowest BCUT2D eigenvalue weighted by molar-refractivity contribution is 0.616. The minimum Gasteiger partial charge on any atom is -0.435 e. The van der Waals surface area contributed by atoms with Crippen LogP contribution in [0.15, 0.2) is 28.7 Å². The first-order valence-corrected chi connectivity index (χ1v) is 4.91. The summed E-state index contributed by atoms with van der Waals surface area (Å²) in [5.41, 5.74) is 8.93. The Morgan fingerprint density at radius 1 is 1.38 bits per heavy atom. The summed E-state index contributed by atoms with van der Waals surface area (Å²) in [6.07, 6.45) is 0. The first-order chi connectivity index (χ1) is 7.74. The van der Waals surface area contributed by atoms with Gasteiger partial charge in [-0.05, 0) is 18.6 Å². The number of nitrogen functional groups attached to an aromatic ring is 1. The quantitative estimate of drug-likeness (QED) is 0.650. The van der Waals surface area contributed by atoms with Crippen molar-refractivity contribution in [2.75, 3.05) is 5.73 Å². The van der Waals surface area contributed by atoms with Gasteiger partial charge in [-0.1, -0.05) is 12.1 Å². The minimum absolute atomic E-state index is 0.425. The highest BCUT2D eigenvalue weighted by Crippen LogP contribution is 2.25. The van der Waals surface area contributed by atoms with Crippen molar-refractivity contribution in [3.8, 4) is 11.6 Å². The third kappa shape index (κ3) is 1.25. The van der Waals surface area contributed by atoms with Crippen LogP contribution < -0.4 is 5.73 Å². The van der Waals surface area contributed by atoms with E-state index in [4.69, 9.17) is 10.2 Å². The molecule has 0 radical (unpaired) electrons. The highest BCUT2D eigenvalue weighted by atomic mass is 16.3. The number of oxazole rings is 1. The van der Waals surface area contributed by atoms with Crippen molar-refractivity contribution in [1.29, 1.82) is 0 Å². The average Bonchev–Trinajstić information content (AvgIpc) is 2.84. The van der Waals surface area contributed by atoms with Gasteiger partial charge < -0.3 is 10.2 Å². The number of nitrogens with one attached hydrogen (secondary N) is 1. The number of H-pyrrole nitrogens is 1. The number of aryl methyl sites for hydroxylation is 1. The SMILES string of the molecule is Cc1cccc2oc(-c3cc(N)n[nH]3)nc12. The third-order valence-electron chi connectivity index (χ3n) is 2.45. The average molecular weight is 214 g/mol. The van der Waals surface area contributed by atoms with Crippen LogP contribution in [0.25, 0.3) is 22.7 Å². The number of nitrogens with two attached hydrogens (primary N) is 1. The van der Waals surface area contributed by atoms with Gasteiger partial charge in [-0.2, -0.15) is 5.10 Å². The molecule has 2 aromatic heterocycles. The second-order valence-corrected chi connectivity index (χ2v) is 3.65. The maximum Gasteiger partial charge on any atom is 0.245 e. The molecule has 3 rings (SSSR count). The van der Waals surface area contributed by atoms with Crippen molar-refractivity contribution in [3.63, 3.8) is 0 Å². The van der Waals surface area contributed by atoms with Gasteiger partial charge in [0, 0.05) is 6.07 Å².